The average molecular weight is 178 g/mol. The highest BCUT2D eigenvalue weighted by Gasteiger charge is 2.06. The Balaban J connectivity index is 2.93. The zero-order chi connectivity index (χ0) is 9.84. The lowest BCUT2D eigenvalue weighted by Crippen LogP contribution is -2.05. The fourth-order valence-corrected chi connectivity index (χ4v) is 0.954. The molecule has 4 nitrogen and oxygen atoms in total. The second kappa shape index (κ2) is 3.82. The first kappa shape index (κ1) is 9.41. The lowest BCUT2D eigenvalue weighted by atomic mass is 10.1. The fourth-order valence-electron chi connectivity index (χ4n) is 0.954. The third-order valence-corrected chi connectivity index (χ3v) is 1.74. The van der Waals surface area contributed by atoms with Gasteiger partial charge >= 0.3 is 0 Å². The largest absolute Gasteiger partial charge is 0.321 e. The number of nitro benzene ring substituents is 1. The van der Waals surface area contributed by atoms with Gasteiger partial charge in [-0.3, -0.25) is 10.1 Å². The SMILES string of the molecule is C=CC(N)c1ccc([N+](=O)[O-])cc1. The number of hydrogen-bond donors (Lipinski definition) is 1. The molecule has 0 aliphatic rings. The summed E-state index contributed by atoms with van der Waals surface area (Å²) in [5, 5.41) is 10.3. The lowest BCUT2D eigenvalue weighted by Gasteiger charge is -2.04. The lowest BCUT2D eigenvalue weighted by molar-refractivity contribution is -0.384. The molecule has 13 heavy (non-hydrogen) atoms. The minimum absolute atomic E-state index is 0.0695. The Morgan fingerprint density at radius 3 is 2.38 bits per heavy atom. The molecule has 1 unspecified atom stereocenters. The summed E-state index contributed by atoms with van der Waals surface area (Å²) in [7, 11) is 0. The molecule has 0 radical (unpaired) electrons. The van der Waals surface area contributed by atoms with E-state index in [0.717, 1.165) is 5.56 Å². The van der Waals surface area contributed by atoms with E-state index < -0.39 is 4.92 Å². The van der Waals surface area contributed by atoms with E-state index in [-0.39, 0.29) is 11.7 Å². The van der Waals surface area contributed by atoms with Gasteiger partial charge in [0.2, 0.25) is 0 Å². The summed E-state index contributed by atoms with van der Waals surface area (Å²) < 4.78 is 0. The molecular weight excluding hydrogens is 168 g/mol. The van der Waals surface area contributed by atoms with E-state index in [1.165, 1.54) is 12.1 Å². The van der Waals surface area contributed by atoms with E-state index in [1.54, 1.807) is 18.2 Å². The van der Waals surface area contributed by atoms with Crippen molar-refractivity contribution in [3.8, 4) is 0 Å². The molecule has 68 valence electrons. The average Bonchev–Trinajstić information content (AvgIpc) is 2.17. The normalized spacial score (nSPS) is 12.1. The molecule has 0 saturated heterocycles. The highest BCUT2D eigenvalue weighted by molar-refractivity contribution is 5.35. The van der Waals surface area contributed by atoms with Gasteiger partial charge in [0.05, 0.1) is 4.92 Å². The number of non-ortho nitro benzene ring substituents is 1. The second-order valence-corrected chi connectivity index (χ2v) is 2.61. The van der Waals surface area contributed by atoms with Crippen molar-refractivity contribution in [3.63, 3.8) is 0 Å². The van der Waals surface area contributed by atoms with Crippen molar-refractivity contribution in [1.29, 1.82) is 0 Å². The highest BCUT2D eigenvalue weighted by Crippen LogP contribution is 2.16. The van der Waals surface area contributed by atoms with Gasteiger partial charge in [0.15, 0.2) is 0 Å². The first-order valence-corrected chi connectivity index (χ1v) is 3.77. The van der Waals surface area contributed by atoms with Crippen LogP contribution < -0.4 is 5.73 Å². The van der Waals surface area contributed by atoms with Crippen molar-refractivity contribution in [2.45, 2.75) is 6.04 Å². The predicted molar refractivity (Wildman–Crippen MR) is 50.2 cm³/mol. The van der Waals surface area contributed by atoms with Gasteiger partial charge in [-0.15, -0.1) is 6.58 Å². The molecule has 4 heteroatoms. The predicted octanol–water partition coefficient (Wildman–Crippen LogP) is 1.78. The van der Waals surface area contributed by atoms with E-state index >= 15 is 0 Å². The topological polar surface area (TPSA) is 69.2 Å². The number of nitrogens with zero attached hydrogens (tertiary/aromatic N) is 1. The molecule has 0 aliphatic carbocycles. The molecule has 0 aliphatic heterocycles. The van der Waals surface area contributed by atoms with Crippen molar-refractivity contribution < 1.29 is 4.92 Å². The Morgan fingerprint density at radius 1 is 1.46 bits per heavy atom. The Bertz CT molecular complexity index is 319. The summed E-state index contributed by atoms with van der Waals surface area (Å²) in [6, 6.07) is 5.85. The summed E-state index contributed by atoms with van der Waals surface area (Å²) in [6.07, 6.45) is 1.58. The van der Waals surface area contributed by atoms with E-state index in [4.69, 9.17) is 5.73 Å². The quantitative estimate of drug-likeness (QED) is 0.435. The molecule has 1 aromatic carbocycles. The monoisotopic (exact) mass is 178 g/mol. The second-order valence-electron chi connectivity index (χ2n) is 2.61. The van der Waals surface area contributed by atoms with Crippen LogP contribution in [-0.4, -0.2) is 4.92 Å². The van der Waals surface area contributed by atoms with Crippen LogP contribution in [0.4, 0.5) is 5.69 Å². The molecule has 1 atom stereocenters. The maximum atomic E-state index is 10.3. The molecule has 2 N–H and O–H groups in total. The van der Waals surface area contributed by atoms with E-state index in [0.29, 0.717) is 0 Å². The fraction of sp³-hybridized carbons (Fsp3) is 0.111. The van der Waals surface area contributed by atoms with E-state index in [2.05, 4.69) is 6.58 Å². The van der Waals surface area contributed by atoms with Crippen molar-refractivity contribution in [2.24, 2.45) is 5.73 Å². The number of rotatable bonds is 3. The summed E-state index contributed by atoms with van der Waals surface area (Å²) in [5.41, 5.74) is 6.52. The molecule has 0 fully saturated rings. The maximum absolute atomic E-state index is 10.3. The van der Waals surface area contributed by atoms with Crippen LogP contribution in [0.25, 0.3) is 0 Å². The Kier molecular flexibility index (Phi) is 2.76. The van der Waals surface area contributed by atoms with Crippen LogP contribution in [0.15, 0.2) is 36.9 Å². The van der Waals surface area contributed by atoms with Crippen LogP contribution in [-0.2, 0) is 0 Å². The molecule has 0 aromatic heterocycles. The molecule has 1 aromatic rings. The first-order valence-electron chi connectivity index (χ1n) is 3.77. The molecule has 0 saturated carbocycles. The van der Waals surface area contributed by atoms with Crippen LogP contribution in [0, 0.1) is 10.1 Å². The number of benzene rings is 1. The van der Waals surface area contributed by atoms with Crippen molar-refractivity contribution in [2.75, 3.05) is 0 Å². The number of nitro groups is 1. The van der Waals surface area contributed by atoms with Gasteiger partial charge in [-0.25, -0.2) is 0 Å². The third kappa shape index (κ3) is 2.13. The van der Waals surface area contributed by atoms with Gasteiger partial charge in [0.1, 0.15) is 0 Å². The van der Waals surface area contributed by atoms with Gasteiger partial charge < -0.3 is 5.73 Å². The molecule has 0 bridgehead atoms. The molecule has 1 rings (SSSR count). The Hall–Kier alpha value is -1.68. The van der Waals surface area contributed by atoms with Crippen LogP contribution >= 0.6 is 0 Å². The molecule has 0 amide bonds. The molecular formula is C9H10N2O2. The van der Waals surface area contributed by atoms with Gasteiger partial charge in [-0.1, -0.05) is 18.2 Å². The van der Waals surface area contributed by atoms with Crippen molar-refractivity contribution >= 4 is 5.69 Å². The van der Waals surface area contributed by atoms with Gasteiger partial charge in [0.25, 0.3) is 5.69 Å². The summed E-state index contributed by atoms with van der Waals surface area (Å²) >= 11 is 0. The summed E-state index contributed by atoms with van der Waals surface area (Å²) in [6.45, 7) is 3.54. The number of hydrogen-bond acceptors (Lipinski definition) is 3. The Morgan fingerprint density at radius 2 is 2.00 bits per heavy atom. The summed E-state index contributed by atoms with van der Waals surface area (Å²) in [5.74, 6) is 0. The van der Waals surface area contributed by atoms with Crippen LogP contribution in [0.2, 0.25) is 0 Å². The van der Waals surface area contributed by atoms with E-state index in [1.807, 2.05) is 0 Å². The van der Waals surface area contributed by atoms with Crippen LogP contribution in [0.3, 0.4) is 0 Å². The van der Waals surface area contributed by atoms with Gasteiger partial charge in [0, 0.05) is 18.2 Å². The Labute approximate surface area is 75.8 Å². The van der Waals surface area contributed by atoms with Crippen LogP contribution in [0.1, 0.15) is 11.6 Å². The van der Waals surface area contributed by atoms with Crippen LogP contribution in [0.5, 0.6) is 0 Å². The zero-order valence-corrected chi connectivity index (χ0v) is 7.01. The smallest absolute Gasteiger partial charge is 0.269 e. The first-order chi connectivity index (χ1) is 6.15. The minimum Gasteiger partial charge on any atom is -0.321 e. The van der Waals surface area contributed by atoms with Crippen molar-refractivity contribution in [1.82, 2.24) is 0 Å². The number of nitrogens with two attached hydrogens (primary N) is 1. The zero-order valence-electron chi connectivity index (χ0n) is 7.01. The van der Waals surface area contributed by atoms with E-state index in [9.17, 15) is 10.1 Å². The molecule has 0 heterocycles. The molecule has 0 spiro atoms. The van der Waals surface area contributed by atoms with Gasteiger partial charge in [-0.05, 0) is 5.56 Å². The highest BCUT2D eigenvalue weighted by atomic mass is 16.6. The van der Waals surface area contributed by atoms with Gasteiger partial charge in [-0.2, -0.15) is 0 Å². The standard InChI is InChI=1S/C9H10N2O2/c1-2-9(10)7-3-5-8(6-4-7)11(12)13/h2-6,9H,1,10H2. The maximum Gasteiger partial charge on any atom is 0.269 e. The third-order valence-electron chi connectivity index (χ3n) is 1.74. The minimum atomic E-state index is -0.441. The van der Waals surface area contributed by atoms with Crippen molar-refractivity contribution in [3.05, 3.63) is 52.6 Å². The summed E-state index contributed by atoms with van der Waals surface area (Å²) in [4.78, 5) is 9.86.